The van der Waals surface area contributed by atoms with Crippen molar-refractivity contribution in [3.8, 4) is 29.0 Å². The monoisotopic (exact) mass is 344 g/mol. The maximum Gasteiger partial charge on any atom is 0.244 e. The molecule has 0 amide bonds. The van der Waals surface area contributed by atoms with Gasteiger partial charge in [0, 0.05) is 0 Å². The number of benzene rings is 2. The molecule has 0 bridgehead atoms. The number of nitrogens with one attached hydrogen (secondary N) is 1. The summed E-state index contributed by atoms with van der Waals surface area (Å²) in [4.78, 5) is 0. The van der Waals surface area contributed by atoms with Crippen LogP contribution in [0.1, 0.15) is 17.0 Å². The lowest BCUT2D eigenvalue weighted by atomic mass is 9.83. The number of rotatable bonds is 3. The molecule has 3 aromatic rings. The molecule has 1 aliphatic rings. The molecule has 0 saturated heterocycles. The van der Waals surface area contributed by atoms with E-state index in [1.165, 1.54) is 0 Å². The summed E-state index contributed by atoms with van der Waals surface area (Å²) >= 11 is 0. The van der Waals surface area contributed by atoms with Crippen LogP contribution >= 0.6 is 0 Å². The van der Waals surface area contributed by atoms with Crippen LogP contribution in [0.15, 0.2) is 66.1 Å². The molecular formula is C20H16N4O2. The number of fused-ring (bicyclic) bond motifs is 1. The minimum absolute atomic E-state index is 0.0759. The fourth-order valence-electron chi connectivity index (χ4n) is 3.20. The maximum atomic E-state index is 9.70. The van der Waals surface area contributed by atoms with Crippen LogP contribution in [-0.2, 0) is 0 Å². The van der Waals surface area contributed by atoms with Crippen molar-refractivity contribution in [2.24, 2.45) is 5.73 Å². The van der Waals surface area contributed by atoms with E-state index in [2.05, 4.69) is 16.3 Å². The molecule has 0 aliphatic carbocycles. The van der Waals surface area contributed by atoms with E-state index in [1.54, 1.807) is 7.11 Å². The third-order valence-corrected chi connectivity index (χ3v) is 4.45. The van der Waals surface area contributed by atoms with E-state index >= 15 is 0 Å². The summed E-state index contributed by atoms with van der Waals surface area (Å²) in [7, 11) is 1.61. The first-order chi connectivity index (χ1) is 12.7. The molecule has 2 aromatic carbocycles. The lowest BCUT2D eigenvalue weighted by Crippen LogP contribution is -2.20. The van der Waals surface area contributed by atoms with Gasteiger partial charge in [-0.25, -0.2) is 0 Å². The van der Waals surface area contributed by atoms with Crippen molar-refractivity contribution in [1.82, 2.24) is 10.2 Å². The number of methoxy groups -OCH3 is 1. The SMILES string of the molecule is COc1ccc([C@H]2C(C#N)=C(N)Oc3n[nH]c(-c4ccccc4)c32)cc1. The van der Waals surface area contributed by atoms with Gasteiger partial charge in [0.15, 0.2) is 0 Å². The molecule has 6 heteroatoms. The zero-order valence-corrected chi connectivity index (χ0v) is 14.1. The molecule has 1 aliphatic heterocycles. The quantitative estimate of drug-likeness (QED) is 0.760. The van der Waals surface area contributed by atoms with Gasteiger partial charge >= 0.3 is 0 Å². The van der Waals surface area contributed by atoms with Gasteiger partial charge in [-0.15, -0.1) is 5.10 Å². The molecule has 6 nitrogen and oxygen atoms in total. The van der Waals surface area contributed by atoms with Crippen molar-refractivity contribution in [3.63, 3.8) is 0 Å². The summed E-state index contributed by atoms with van der Waals surface area (Å²) in [6.07, 6.45) is 0. The molecule has 128 valence electrons. The number of nitriles is 1. The molecule has 0 unspecified atom stereocenters. The topological polar surface area (TPSA) is 96.9 Å². The number of nitrogens with zero attached hydrogens (tertiary/aromatic N) is 2. The van der Waals surface area contributed by atoms with Gasteiger partial charge in [-0.3, -0.25) is 5.10 Å². The van der Waals surface area contributed by atoms with Crippen LogP contribution in [0.2, 0.25) is 0 Å². The van der Waals surface area contributed by atoms with Crippen LogP contribution in [0, 0.1) is 11.3 Å². The first kappa shape index (κ1) is 15.8. The summed E-state index contributed by atoms with van der Waals surface area (Å²) in [6, 6.07) is 19.6. The average molecular weight is 344 g/mol. The average Bonchev–Trinajstić information content (AvgIpc) is 3.11. The number of nitrogens with two attached hydrogens (primary N) is 1. The molecule has 3 N–H and O–H groups in total. The van der Waals surface area contributed by atoms with Crippen molar-refractivity contribution in [3.05, 3.63) is 77.2 Å². The van der Waals surface area contributed by atoms with Gasteiger partial charge in [0.05, 0.1) is 24.3 Å². The predicted molar refractivity (Wildman–Crippen MR) is 96.3 cm³/mol. The largest absolute Gasteiger partial charge is 0.497 e. The third kappa shape index (κ3) is 2.47. The molecular weight excluding hydrogens is 328 g/mol. The van der Waals surface area contributed by atoms with E-state index in [-0.39, 0.29) is 11.8 Å². The molecule has 0 radical (unpaired) electrons. The highest BCUT2D eigenvalue weighted by Gasteiger charge is 2.35. The van der Waals surface area contributed by atoms with Crippen molar-refractivity contribution in [2.45, 2.75) is 5.92 Å². The molecule has 26 heavy (non-hydrogen) atoms. The third-order valence-electron chi connectivity index (χ3n) is 4.45. The normalized spacial score (nSPS) is 15.8. The Labute approximate surface area is 150 Å². The van der Waals surface area contributed by atoms with Crippen molar-refractivity contribution in [2.75, 3.05) is 7.11 Å². The Morgan fingerprint density at radius 1 is 1.15 bits per heavy atom. The molecule has 0 spiro atoms. The zero-order chi connectivity index (χ0) is 18.1. The van der Waals surface area contributed by atoms with Crippen LogP contribution < -0.4 is 15.2 Å². The Kier molecular flexibility index (Phi) is 3.82. The zero-order valence-electron chi connectivity index (χ0n) is 14.1. The smallest absolute Gasteiger partial charge is 0.244 e. The van der Waals surface area contributed by atoms with E-state index in [0.717, 1.165) is 28.1 Å². The van der Waals surface area contributed by atoms with Crippen molar-refractivity contribution >= 4 is 0 Å². The molecule has 2 heterocycles. The Balaban J connectivity index is 1.92. The van der Waals surface area contributed by atoms with Crippen molar-refractivity contribution in [1.29, 1.82) is 5.26 Å². The highest BCUT2D eigenvalue weighted by atomic mass is 16.5. The number of ether oxygens (including phenoxy) is 2. The van der Waals surface area contributed by atoms with Gasteiger partial charge in [0.2, 0.25) is 11.8 Å². The highest BCUT2D eigenvalue weighted by Crippen LogP contribution is 2.45. The number of allylic oxidation sites excluding steroid dienone is 1. The minimum Gasteiger partial charge on any atom is -0.497 e. The molecule has 0 fully saturated rings. The standard InChI is InChI=1S/C20H16N4O2/c1-25-14-9-7-12(8-10-14)16-15(11-21)19(22)26-20-17(16)18(23-24-20)13-5-3-2-4-6-13/h2-10,16H,22H2,1H3,(H,23,24)/t16-/m0/s1. The Morgan fingerprint density at radius 2 is 1.88 bits per heavy atom. The summed E-state index contributed by atoms with van der Waals surface area (Å²) < 4.78 is 10.8. The minimum atomic E-state index is -0.372. The number of H-pyrrole nitrogens is 1. The van der Waals surface area contributed by atoms with Gasteiger partial charge in [-0.2, -0.15) is 5.26 Å². The maximum absolute atomic E-state index is 9.70. The van der Waals surface area contributed by atoms with E-state index in [1.807, 2.05) is 54.6 Å². The van der Waals surface area contributed by atoms with Crippen LogP contribution in [0.25, 0.3) is 11.3 Å². The summed E-state index contributed by atoms with van der Waals surface area (Å²) in [5, 5.41) is 17.0. The van der Waals surface area contributed by atoms with Crippen molar-refractivity contribution < 1.29 is 9.47 Å². The second kappa shape index (κ2) is 6.30. The fraction of sp³-hybridized carbons (Fsp3) is 0.100. The molecule has 0 saturated carbocycles. The van der Waals surface area contributed by atoms with E-state index < -0.39 is 0 Å². The summed E-state index contributed by atoms with van der Waals surface area (Å²) in [5.74, 6) is 0.837. The van der Waals surface area contributed by atoms with Gasteiger partial charge < -0.3 is 15.2 Å². The van der Waals surface area contributed by atoms with E-state index in [4.69, 9.17) is 15.2 Å². The van der Waals surface area contributed by atoms with Crippen LogP contribution in [0.4, 0.5) is 0 Å². The summed E-state index contributed by atoms with van der Waals surface area (Å²) in [5.41, 5.74) is 9.83. The first-order valence-electron chi connectivity index (χ1n) is 8.08. The van der Waals surface area contributed by atoms with Gasteiger partial charge in [0.1, 0.15) is 17.4 Å². The second-order valence-corrected chi connectivity index (χ2v) is 5.88. The number of hydrogen-bond donors (Lipinski definition) is 2. The van der Waals surface area contributed by atoms with Crippen LogP contribution in [0.5, 0.6) is 11.6 Å². The molecule has 4 rings (SSSR count). The Hall–Kier alpha value is -3.72. The lowest BCUT2D eigenvalue weighted by molar-refractivity contribution is 0.379. The van der Waals surface area contributed by atoms with Gasteiger partial charge in [0.25, 0.3) is 0 Å². The highest BCUT2D eigenvalue weighted by molar-refractivity contribution is 5.70. The Morgan fingerprint density at radius 3 is 2.54 bits per heavy atom. The molecule has 1 atom stereocenters. The lowest BCUT2D eigenvalue weighted by Gasteiger charge is -2.24. The first-order valence-corrected chi connectivity index (χ1v) is 8.08. The molecule has 1 aromatic heterocycles. The van der Waals surface area contributed by atoms with Gasteiger partial charge in [-0.05, 0) is 23.3 Å². The second-order valence-electron chi connectivity index (χ2n) is 5.88. The van der Waals surface area contributed by atoms with E-state index in [0.29, 0.717) is 11.5 Å². The van der Waals surface area contributed by atoms with Gasteiger partial charge in [-0.1, -0.05) is 42.5 Å². The number of aromatic nitrogens is 2. The predicted octanol–water partition coefficient (Wildman–Crippen LogP) is 3.30. The summed E-state index contributed by atoms with van der Waals surface area (Å²) in [6.45, 7) is 0. The van der Waals surface area contributed by atoms with Crippen LogP contribution in [-0.4, -0.2) is 17.3 Å². The number of hydrogen-bond acceptors (Lipinski definition) is 5. The van der Waals surface area contributed by atoms with E-state index in [9.17, 15) is 5.26 Å². The Bertz CT molecular complexity index is 1010. The number of aromatic amines is 1. The van der Waals surface area contributed by atoms with Crippen LogP contribution in [0.3, 0.4) is 0 Å². The fourth-order valence-corrected chi connectivity index (χ4v) is 3.20.